The van der Waals surface area contributed by atoms with E-state index in [2.05, 4.69) is 20.2 Å². The molecule has 2 atom stereocenters. The maximum Gasteiger partial charge on any atom is 0.270 e. The number of nitrogens with one attached hydrogen (secondary N) is 1. The molecule has 0 aromatic carbocycles. The minimum Gasteiger partial charge on any atom is -0.356 e. The van der Waals surface area contributed by atoms with E-state index in [0.29, 0.717) is 18.1 Å². The molecule has 1 aromatic heterocycles. The van der Waals surface area contributed by atoms with E-state index in [9.17, 15) is 4.79 Å². The summed E-state index contributed by atoms with van der Waals surface area (Å²) in [4.78, 5) is 23.4. The minimum absolute atomic E-state index is 0.0441. The van der Waals surface area contributed by atoms with Crippen LogP contribution in [0.4, 0.5) is 5.82 Å². The number of carbonyl (C=O) groups is 1. The Hall–Kier alpha value is -1.65. The van der Waals surface area contributed by atoms with Crippen LogP contribution in [0.1, 0.15) is 41.1 Å². The Bertz CT molecular complexity index is 559. The number of rotatable bonds is 1. The fourth-order valence-corrected chi connectivity index (χ4v) is 4.05. The van der Waals surface area contributed by atoms with Crippen molar-refractivity contribution >= 4 is 11.7 Å². The minimum atomic E-state index is -0.0441. The van der Waals surface area contributed by atoms with Crippen molar-refractivity contribution in [3.63, 3.8) is 0 Å². The fourth-order valence-electron chi connectivity index (χ4n) is 4.05. The van der Waals surface area contributed by atoms with Crippen molar-refractivity contribution in [1.29, 1.82) is 0 Å². The van der Waals surface area contributed by atoms with Crippen LogP contribution in [0.15, 0.2) is 0 Å². The average Bonchev–Trinajstić information content (AvgIpc) is 3.00. The van der Waals surface area contributed by atoms with Crippen LogP contribution in [-0.4, -0.2) is 35.5 Å². The third kappa shape index (κ3) is 1.79. The quantitative estimate of drug-likeness (QED) is 0.837. The van der Waals surface area contributed by atoms with Crippen LogP contribution < -0.4 is 10.2 Å². The maximum atomic E-state index is 12.0. The second-order valence-corrected chi connectivity index (χ2v) is 6.28. The summed E-state index contributed by atoms with van der Waals surface area (Å²) in [6.07, 6.45) is 4.94. The Labute approximate surface area is 118 Å². The van der Waals surface area contributed by atoms with Crippen LogP contribution in [0.2, 0.25) is 0 Å². The lowest BCUT2D eigenvalue weighted by molar-refractivity contribution is 0.0940. The summed E-state index contributed by atoms with van der Waals surface area (Å²) < 4.78 is 0. The second-order valence-electron chi connectivity index (χ2n) is 6.28. The molecule has 1 saturated carbocycles. The van der Waals surface area contributed by atoms with Gasteiger partial charge in [0, 0.05) is 25.2 Å². The SMILES string of the molecule is Cc1nc2c(c(N3C[C@H]4CCC[C@H]4C3)n1)CCNC2=O. The van der Waals surface area contributed by atoms with Crippen molar-refractivity contribution < 1.29 is 4.79 Å². The van der Waals surface area contributed by atoms with Crippen LogP contribution in [0, 0.1) is 18.8 Å². The van der Waals surface area contributed by atoms with E-state index in [1.807, 2.05) is 6.92 Å². The first-order valence-electron chi connectivity index (χ1n) is 7.63. The highest BCUT2D eigenvalue weighted by Crippen LogP contribution is 2.40. The Morgan fingerprint density at radius 3 is 2.70 bits per heavy atom. The number of aromatic nitrogens is 2. The summed E-state index contributed by atoms with van der Waals surface area (Å²) >= 11 is 0. The molecule has 1 N–H and O–H groups in total. The van der Waals surface area contributed by atoms with E-state index in [-0.39, 0.29) is 5.91 Å². The van der Waals surface area contributed by atoms with Crippen LogP contribution in [0.3, 0.4) is 0 Å². The Kier molecular flexibility index (Phi) is 2.69. The molecule has 4 rings (SSSR count). The molecule has 1 aliphatic carbocycles. The van der Waals surface area contributed by atoms with Crippen LogP contribution in [0.25, 0.3) is 0 Å². The maximum absolute atomic E-state index is 12.0. The van der Waals surface area contributed by atoms with E-state index in [1.165, 1.54) is 19.3 Å². The second kappa shape index (κ2) is 4.43. The summed E-state index contributed by atoms with van der Waals surface area (Å²) in [6.45, 7) is 4.79. The van der Waals surface area contributed by atoms with Gasteiger partial charge in [0.2, 0.25) is 0 Å². The van der Waals surface area contributed by atoms with Gasteiger partial charge in [-0.05, 0) is 38.0 Å². The molecule has 0 radical (unpaired) electrons. The molecule has 1 amide bonds. The molecule has 2 aliphatic heterocycles. The zero-order chi connectivity index (χ0) is 13.7. The molecular formula is C15H20N4O. The van der Waals surface area contributed by atoms with E-state index in [0.717, 1.165) is 42.7 Å². The van der Waals surface area contributed by atoms with Gasteiger partial charge in [0.15, 0.2) is 0 Å². The molecular weight excluding hydrogens is 252 g/mol. The highest BCUT2D eigenvalue weighted by Gasteiger charge is 2.38. The third-order valence-corrected chi connectivity index (χ3v) is 5.00. The predicted octanol–water partition coefficient (Wildman–Crippen LogP) is 1.31. The Balaban J connectivity index is 1.73. The lowest BCUT2D eigenvalue weighted by atomic mass is 10.0. The third-order valence-electron chi connectivity index (χ3n) is 5.00. The van der Waals surface area contributed by atoms with Gasteiger partial charge in [-0.3, -0.25) is 4.79 Å². The zero-order valence-corrected chi connectivity index (χ0v) is 11.9. The summed E-state index contributed by atoms with van der Waals surface area (Å²) in [5, 5.41) is 2.88. The fraction of sp³-hybridized carbons (Fsp3) is 0.667. The first-order chi connectivity index (χ1) is 9.72. The van der Waals surface area contributed by atoms with Gasteiger partial charge in [-0.15, -0.1) is 0 Å². The van der Waals surface area contributed by atoms with Crippen LogP contribution >= 0.6 is 0 Å². The van der Waals surface area contributed by atoms with Crippen molar-refractivity contribution in [1.82, 2.24) is 15.3 Å². The molecule has 1 saturated heterocycles. The topological polar surface area (TPSA) is 58.1 Å². The first kappa shape index (κ1) is 12.1. The van der Waals surface area contributed by atoms with Crippen molar-refractivity contribution in [3.05, 3.63) is 17.1 Å². The number of amides is 1. The van der Waals surface area contributed by atoms with Gasteiger partial charge in [0.05, 0.1) is 0 Å². The molecule has 1 aromatic rings. The van der Waals surface area contributed by atoms with Gasteiger partial charge in [-0.1, -0.05) is 6.42 Å². The number of fused-ring (bicyclic) bond motifs is 2. The molecule has 5 nitrogen and oxygen atoms in total. The molecule has 5 heteroatoms. The van der Waals surface area contributed by atoms with Gasteiger partial charge in [0.25, 0.3) is 5.91 Å². The number of aryl methyl sites for hydroxylation is 1. The molecule has 0 unspecified atom stereocenters. The molecule has 3 aliphatic rings. The van der Waals surface area contributed by atoms with Gasteiger partial charge >= 0.3 is 0 Å². The first-order valence-corrected chi connectivity index (χ1v) is 7.63. The standard InChI is InChI=1S/C15H20N4O/c1-9-17-13-12(5-6-16-15(13)20)14(18-9)19-7-10-3-2-4-11(10)8-19/h10-11H,2-8H2,1H3,(H,16,20)/t10-,11+. The number of hydrogen-bond donors (Lipinski definition) is 1. The molecule has 3 heterocycles. The lowest BCUT2D eigenvalue weighted by Crippen LogP contribution is -2.35. The highest BCUT2D eigenvalue weighted by atomic mass is 16.1. The summed E-state index contributed by atoms with van der Waals surface area (Å²) in [5.74, 6) is 3.35. The largest absolute Gasteiger partial charge is 0.356 e. The molecule has 20 heavy (non-hydrogen) atoms. The molecule has 0 bridgehead atoms. The van der Waals surface area contributed by atoms with Crippen molar-refractivity contribution in [2.24, 2.45) is 11.8 Å². The molecule has 2 fully saturated rings. The van der Waals surface area contributed by atoms with Crippen LogP contribution in [-0.2, 0) is 6.42 Å². The van der Waals surface area contributed by atoms with Crippen molar-refractivity contribution in [2.45, 2.75) is 32.6 Å². The number of hydrogen-bond acceptors (Lipinski definition) is 4. The number of nitrogens with zero attached hydrogens (tertiary/aromatic N) is 3. The monoisotopic (exact) mass is 272 g/mol. The summed E-state index contributed by atoms with van der Waals surface area (Å²) in [7, 11) is 0. The summed E-state index contributed by atoms with van der Waals surface area (Å²) in [6, 6.07) is 0. The van der Waals surface area contributed by atoms with Gasteiger partial charge in [-0.25, -0.2) is 9.97 Å². The average molecular weight is 272 g/mol. The van der Waals surface area contributed by atoms with E-state index in [4.69, 9.17) is 0 Å². The summed E-state index contributed by atoms with van der Waals surface area (Å²) in [5.41, 5.74) is 1.65. The number of anilines is 1. The van der Waals surface area contributed by atoms with E-state index >= 15 is 0 Å². The predicted molar refractivity (Wildman–Crippen MR) is 75.9 cm³/mol. The van der Waals surface area contributed by atoms with Gasteiger partial charge in [0.1, 0.15) is 17.3 Å². The smallest absolute Gasteiger partial charge is 0.270 e. The highest BCUT2D eigenvalue weighted by molar-refractivity contribution is 5.96. The Morgan fingerprint density at radius 1 is 1.20 bits per heavy atom. The van der Waals surface area contributed by atoms with E-state index in [1.54, 1.807) is 0 Å². The van der Waals surface area contributed by atoms with Gasteiger partial charge in [-0.2, -0.15) is 0 Å². The zero-order valence-electron chi connectivity index (χ0n) is 11.9. The Morgan fingerprint density at radius 2 is 1.95 bits per heavy atom. The lowest BCUT2D eigenvalue weighted by Gasteiger charge is -2.25. The number of carbonyl (C=O) groups excluding carboxylic acids is 1. The molecule has 0 spiro atoms. The van der Waals surface area contributed by atoms with Crippen molar-refractivity contribution in [3.8, 4) is 0 Å². The van der Waals surface area contributed by atoms with Gasteiger partial charge < -0.3 is 10.2 Å². The van der Waals surface area contributed by atoms with Crippen molar-refractivity contribution in [2.75, 3.05) is 24.5 Å². The normalized spacial score (nSPS) is 28.2. The van der Waals surface area contributed by atoms with Crippen LogP contribution in [0.5, 0.6) is 0 Å². The molecule has 106 valence electrons. The van der Waals surface area contributed by atoms with E-state index < -0.39 is 0 Å².